The van der Waals surface area contributed by atoms with E-state index in [1.165, 1.54) is 18.4 Å². The number of hydrogen-bond acceptors (Lipinski definition) is 5. The topological polar surface area (TPSA) is 46.9 Å². The van der Waals surface area contributed by atoms with Gasteiger partial charge in [-0.2, -0.15) is 0 Å². The van der Waals surface area contributed by atoms with Crippen LogP contribution >= 0.6 is 0 Å². The van der Waals surface area contributed by atoms with Crippen LogP contribution in [0.15, 0.2) is 48.5 Å². The number of rotatable bonds is 3. The molecule has 6 heteroatoms. The molecule has 3 aromatic rings. The van der Waals surface area contributed by atoms with Crippen molar-refractivity contribution in [2.24, 2.45) is 0 Å². The third-order valence-corrected chi connectivity index (χ3v) is 6.26. The Morgan fingerprint density at radius 1 is 1.10 bits per heavy atom. The Kier molecular flexibility index (Phi) is 4.87. The van der Waals surface area contributed by atoms with Crippen molar-refractivity contribution in [2.45, 2.75) is 25.9 Å². The van der Waals surface area contributed by atoms with Crippen LogP contribution in [0.1, 0.15) is 30.6 Å². The van der Waals surface area contributed by atoms with Gasteiger partial charge in [0.15, 0.2) is 5.75 Å². The van der Waals surface area contributed by atoms with E-state index in [4.69, 9.17) is 9.47 Å². The zero-order chi connectivity index (χ0) is 20.7. The molecule has 0 N–H and O–H groups in total. The predicted molar refractivity (Wildman–Crippen MR) is 117 cm³/mol. The Morgan fingerprint density at radius 2 is 1.90 bits per heavy atom. The quantitative estimate of drug-likeness (QED) is 0.604. The third kappa shape index (κ3) is 3.03. The number of para-hydroxylation sites is 2. The lowest BCUT2D eigenvalue weighted by Crippen LogP contribution is -2.49. The van der Waals surface area contributed by atoms with E-state index < -0.39 is 6.16 Å². The summed E-state index contributed by atoms with van der Waals surface area (Å²) in [5.74, 6) is 0.624. The van der Waals surface area contributed by atoms with Crippen molar-refractivity contribution in [1.82, 2.24) is 9.47 Å². The highest BCUT2D eigenvalue weighted by Gasteiger charge is 2.37. The Morgan fingerprint density at radius 3 is 2.73 bits per heavy atom. The van der Waals surface area contributed by atoms with Gasteiger partial charge in [-0.05, 0) is 36.7 Å². The molecule has 0 radical (unpaired) electrons. The monoisotopic (exact) mass is 405 g/mol. The minimum Gasteiger partial charge on any atom is -0.437 e. The van der Waals surface area contributed by atoms with E-state index in [0.717, 1.165) is 55.7 Å². The van der Waals surface area contributed by atoms with Crippen molar-refractivity contribution in [3.63, 3.8) is 0 Å². The van der Waals surface area contributed by atoms with Crippen LogP contribution in [-0.4, -0.2) is 48.9 Å². The van der Waals surface area contributed by atoms with Crippen LogP contribution < -0.4 is 9.64 Å². The van der Waals surface area contributed by atoms with Gasteiger partial charge in [0, 0.05) is 30.7 Å². The maximum Gasteiger partial charge on any atom is 0.513 e. The van der Waals surface area contributed by atoms with Gasteiger partial charge in [-0.3, -0.25) is 4.90 Å². The Hall–Kier alpha value is -2.99. The lowest BCUT2D eigenvalue weighted by Gasteiger charge is -2.42. The summed E-state index contributed by atoms with van der Waals surface area (Å²) in [7, 11) is 1.35. The lowest BCUT2D eigenvalue weighted by molar-refractivity contribution is 0.121. The van der Waals surface area contributed by atoms with E-state index in [2.05, 4.69) is 51.6 Å². The molecule has 6 nitrogen and oxygen atoms in total. The van der Waals surface area contributed by atoms with Crippen LogP contribution in [0.5, 0.6) is 5.75 Å². The van der Waals surface area contributed by atoms with E-state index >= 15 is 0 Å². The Balaban J connectivity index is 1.74. The summed E-state index contributed by atoms with van der Waals surface area (Å²) < 4.78 is 13.0. The molecule has 5 rings (SSSR count). The normalized spacial score (nSPS) is 18.3. The fourth-order valence-corrected chi connectivity index (χ4v) is 5.00. The van der Waals surface area contributed by atoms with Gasteiger partial charge in [-0.25, -0.2) is 4.79 Å². The van der Waals surface area contributed by atoms with Crippen molar-refractivity contribution < 1.29 is 14.3 Å². The van der Waals surface area contributed by atoms with Crippen molar-refractivity contribution in [1.29, 1.82) is 0 Å². The first-order valence-corrected chi connectivity index (χ1v) is 10.6. The number of anilines is 1. The second-order valence-corrected chi connectivity index (χ2v) is 8.01. The molecule has 0 bridgehead atoms. The van der Waals surface area contributed by atoms with Crippen LogP contribution in [0.25, 0.3) is 10.9 Å². The number of carbonyl (C=O) groups is 1. The predicted octanol–water partition coefficient (Wildman–Crippen LogP) is 4.42. The highest BCUT2D eigenvalue weighted by atomic mass is 16.7. The molecule has 0 amide bonds. The Labute approximate surface area is 176 Å². The number of benzene rings is 2. The Bertz CT molecular complexity index is 1090. The molecule has 1 unspecified atom stereocenters. The molecular weight excluding hydrogens is 378 g/mol. The molecule has 1 fully saturated rings. The number of aromatic nitrogens is 1. The molecule has 1 saturated heterocycles. The summed E-state index contributed by atoms with van der Waals surface area (Å²) in [5, 5.41) is 0.949. The molecule has 3 heterocycles. The van der Waals surface area contributed by atoms with Gasteiger partial charge < -0.3 is 18.9 Å². The van der Waals surface area contributed by atoms with Crippen LogP contribution in [0.4, 0.5) is 10.5 Å². The smallest absolute Gasteiger partial charge is 0.437 e. The van der Waals surface area contributed by atoms with Gasteiger partial charge >= 0.3 is 6.16 Å². The molecule has 0 spiro atoms. The summed E-state index contributed by atoms with van der Waals surface area (Å²) in [4.78, 5) is 17.2. The molecule has 2 aliphatic heterocycles. The number of carbonyl (C=O) groups excluding carboxylic acids is 1. The number of hydrogen-bond donors (Lipinski definition) is 0. The van der Waals surface area contributed by atoms with Gasteiger partial charge in [0.05, 0.1) is 30.9 Å². The highest BCUT2D eigenvalue weighted by Crippen LogP contribution is 2.45. The van der Waals surface area contributed by atoms with E-state index in [-0.39, 0.29) is 6.04 Å². The van der Waals surface area contributed by atoms with Crippen molar-refractivity contribution in [3.8, 4) is 5.75 Å². The van der Waals surface area contributed by atoms with Crippen LogP contribution in [-0.2, 0) is 11.3 Å². The first-order chi connectivity index (χ1) is 14.7. The minimum atomic E-state index is -0.677. The average Bonchev–Trinajstić information content (AvgIpc) is 2.99. The van der Waals surface area contributed by atoms with E-state index in [1.54, 1.807) is 0 Å². The van der Waals surface area contributed by atoms with Crippen LogP contribution in [0.3, 0.4) is 0 Å². The first kappa shape index (κ1) is 19.0. The first-order valence-electron chi connectivity index (χ1n) is 10.6. The SMILES string of the molecule is CCCN1CCN2c3ccccc3Cn3c(c(OC(=O)OC)c4ccccc43)C2C1. The van der Waals surface area contributed by atoms with Crippen molar-refractivity contribution in [3.05, 3.63) is 59.8 Å². The molecule has 1 aromatic heterocycles. The molecule has 2 aromatic carbocycles. The maximum atomic E-state index is 12.2. The molecule has 2 aliphatic rings. The largest absolute Gasteiger partial charge is 0.513 e. The molecule has 0 saturated carbocycles. The number of ether oxygens (including phenoxy) is 2. The van der Waals surface area contributed by atoms with Crippen LogP contribution in [0, 0.1) is 0 Å². The van der Waals surface area contributed by atoms with E-state index in [9.17, 15) is 4.79 Å². The highest BCUT2D eigenvalue weighted by molar-refractivity contribution is 5.91. The second kappa shape index (κ2) is 7.69. The summed E-state index contributed by atoms with van der Waals surface area (Å²) in [5.41, 5.74) is 4.69. The zero-order valence-electron chi connectivity index (χ0n) is 17.5. The van der Waals surface area contributed by atoms with Gasteiger partial charge in [0.1, 0.15) is 0 Å². The third-order valence-electron chi connectivity index (χ3n) is 6.26. The number of piperazine rings is 1. The van der Waals surface area contributed by atoms with E-state index in [1.807, 2.05) is 18.2 Å². The van der Waals surface area contributed by atoms with Gasteiger partial charge in [-0.1, -0.05) is 37.3 Å². The van der Waals surface area contributed by atoms with Gasteiger partial charge in [0.2, 0.25) is 0 Å². The van der Waals surface area contributed by atoms with Gasteiger partial charge in [-0.15, -0.1) is 0 Å². The van der Waals surface area contributed by atoms with Gasteiger partial charge in [0.25, 0.3) is 0 Å². The van der Waals surface area contributed by atoms with Crippen molar-refractivity contribution >= 4 is 22.7 Å². The number of nitrogens with zero attached hydrogens (tertiary/aromatic N) is 3. The summed E-state index contributed by atoms with van der Waals surface area (Å²) in [6.45, 7) is 6.91. The second-order valence-electron chi connectivity index (χ2n) is 8.01. The average molecular weight is 405 g/mol. The fraction of sp³-hybridized carbons (Fsp3) is 0.375. The standard InChI is InChI=1S/C24H27N3O3/c1-3-12-25-13-14-26-19-10-6-4-8-17(19)15-27-20-11-7-5-9-18(20)23(30-24(28)29-2)22(27)21(26)16-25/h4-11,21H,3,12-16H2,1-2H3. The summed E-state index contributed by atoms with van der Waals surface area (Å²) in [6.07, 6.45) is 0.446. The maximum absolute atomic E-state index is 12.2. The zero-order valence-corrected chi connectivity index (χ0v) is 17.5. The lowest BCUT2D eigenvalue weighted by atomic mass is 10.0. The molecule has 0 aliphatic carbocycles. The van der Waals surface area contributed by atoms with E-state index in [0.29, 0.717) is 5.75 Å². The molecule has 156 valence electrons. The number of fused-ring (bicyclic) bond motifs is 7. The minimum absolute atomic E-state index is 0.0982. The summed E-state index contributed by atoms with van der Waals surface area (Å²) >= 11 is 0. The summed E-state index contributed by atoms with van der Waals surface area (Å²) in [6, 6.07) is 16.9. The molecule has 30 heavy (non-hydrogen) atoms. The van der Waals surface area contributed by atoms with Crippen LogP contribution in [0.2, 0.25) is 0 Å². The van der Waals surface area contributed by atoms with Crippen molar-refractivity contribution in [2.75, 3.05) is 38.2 Å². The molecular formula is C24H27N3O3. The molecule has 1 atom stereocenters. The number of methoxy groups -OCH3 is 1. The fourth-order valence-electron chi connectivity index (χ4n) is 5.00.